The monoisotopic (exact) mass is 368 g/mol. The first kappa shape index (κ1) is 19.3. The summed E-state index contributed by atoms with van der Waals surface area (Å²) < 4.78 is 17.9. The summed E-state index contributed by atoms with van der Waals surface area (Å²) in [6.45, 7) is 2.05. The molecule has 0 aliphatic heterocycles. The molecule has 0 atom stereocenters. The minimum absolute atomic E-state index is 0.0242. The Morgan fingerprint density at radius 2 is 2.04 bits per heavy atom. The van der Waals surface area contributed by atoms with Gasteiger partial charge in [0.1, 0.15) is 11.5 Å². The second kappa shape index (κ2) is 10.1. The molecule has 0 saturated carbocycles. The molecule has 0 aliphatic rings. The maximum Gasteiger partial charge on any atom is 0.174 e. The van der Waals surface area contributed by atoms with Gasteiger partial charge in [-0.25, -0.2) is 14.0 Å². The summed E-state index contributed by atoms with van der Waals surface area (Å²) in [5.41, 5.74) is 12.8. The van der Waals surface area contributed by atoms with Gasteiger partial charge in [0.2, 0.25) is 0 Å². The van der Waals surface area contributed by atoms with Gasteiger partial charge in [-0.3, -0.25) is 0 Å². The molecule has 2 aromatic rings. The second-order valence-electron chi connectivity index (χ2n) is 5.53. The first-order chi connectivity index (χ1) is 12.1. The van der Waals surface area contributed by atoms with E-state index in [4.69, 9.17) is 27.7 Å². The Morgan fingerprint density at radius 3 is 2.80 bits per heavy atom. The Labute approximate surface area is 150 Å². The van der Waals surface area contributed by atoms with Crippen molar-refractivity contribution in [3.05, 3.63) is 40.4 Å². The van der Waals surface area contributed by atoms with Crippen molar-refractivity contribution in [2.45, 2.75) is 32.2 Å². The molecule has 0 aliphatic carbocycles. The highest BCUT2D eigenvalue weighted by Crippen LogP contribution is 2.22. The predicted octanol–water partition coefficient (Wildman–Crippen LogP) is 2.51. The van der Waals surface area contributed by atoms with Crippen LogP contribution in [0.3, 0.4) is 0 Å². The van der Waals surface area contributed by atoms with Crippen molar-refractivity contribution in [3.63, 3.8) is 0 Å². The summed E-state index contributed by atoms with van der Waals surface area (Å²) >= 11 is 5.73. The number of amidine groups is 1. The molecule has 0 saturated heterocycles. The molecule has 9 heteroatoms. The number of benzene rings is 1. The van der Waals surface area contributed by atoms with E-state index in [1.54, 1.807) is 0 Å². The minimum Gasteiger partial charge on any atom is -0.382 e. The van der Waals surface area contributed by atoms with Gasteiger partial charge in [-0.1, -0.05) is 29.6 Å². The average molecular weight is 369 g/mol. The van der Waals surface area contributed by atoms with E-state index in [0.29, 0.717) is 23.6 Å². The normalized spacial score (nSPS) is 11.9. The van der Waals surface area contributed by atoms with Crippen LogP contribution in [0.1, 0.15) is 37.1 Å². The van der Waals surface area contributed by atoms with E-state index >= 15 is 0 Å². The number of nitrogens with one attached hydrogen (secondary N) is 1. The van der Waals surface area contributed by atoms with Crippen LogP contribution in [0.15, 0.2) is 27.8 Å². The van der Waals surface area contributed by atoms with Crippen LogP contribution in [0.25, 0.3) is 0 Å². The number of hydrogen-bond acceptors (Lipinski definition) is 6. The fraction of sp³-hybridized carbons (Fsp3) is 0.438. The Morgan fingerprint density at radius 1 is 1.24 bits per heavy atom. The molecule has 0 bridgehead atoms. The van der Waals surface area contributed by atoms with Crippen LogP contribution < -0.4 is 16.8 Å². The zero-order chi connectivity index (χ0) is 18.1. The lowest BCUT2D eigenvalue weighted by Crippen LogP contribution is -2.20. The van der Waals surface area contributed by atoms with E-state index < -0.39 is 5.82 Å². The number of hydrogen-bond donors (Lipinski definition) is 3. The molecule has 0 radical (unpaired) electrons. The summed E-state index contributed by atoms with van der Waals surface area (Å²) in [6.07, 6.45) is 4.37. The number of rotatable bonds is 10. The van der Waals surface area contributed by atoms with E-state index in [1.165, 1.54) is 18.2 Å². The largest absolute Gasteiger partial charge is 0.382 e. The minimum atomic E-state index is -0.515. The molecular formula is C16H22ClFN6O. The zero-order valence-corrected chi connectivity index (χ0v) is 14.6. The van der Waals surface area contributed by atoms with Gasteiger partial charge in [-0.15, -0.1) is 0 Å². The van der Waals surface area contributed by atoms with E-state index in [1.807, 2.05) is 0 Å². The molecule has 0 fully saturated rings. The average Bonchev–Trinajstić information content (AvgIpc) is 3.06. The first-order valence-electron chi connectivity index (χ1n) is 8.13. The highest BCUT2D eigenvalue weighted by Gasteiger charge is 2.14. The summed E-state index contributed by atoms with van der Waals surface area (Å²) in [5.74, 6) is -0.387. The van der Waals surface area contributed by atoms with Gasteiger partial charge in [-0.2, -0.15) is 0 Å². The third-order valence-corrected chi connectivity index (χ3v) is 3.84. The van der Waals surface area contributed by atoms with Crippen molar-refractivity contribution in [3.8, 4) is 0 Å². The molecule has 136 valence electrons. The van der Waals surface area contributed by atoms with Crippen molar-refractivity contribution >= 4 is 23.1 Å². The predicted molar refractivity (Wildman–Crippen MR) is 95.3 cm³/mol. The molecule has 1 aromatic heterocycles. The number of nitrogens with zero attached hydrogens (tertiary/aromatic N) is 3. The second-order valence-corrected chi connectivity index (χ2v) is 5.94. The topological polar surface area (TPSA) is 115 Å². The van der Waals surface area contributed by atoms with Crippen LogP contribution in [0.5, 0.6) is 0 Å². The summed E-state index contributed by atoms with van der Waals surface area (Å²) in [5, 5.41) is 10.9. The fourth-order valence-corrected chi connectivity index (χ4v) is 2.39. The van der Waals surface area contributed by atoms with Crippen LogP contribution >= 0.6 is 11.6 Å². The van der Waals surface area contributed by atoms with Crippen molar-refractivity contribution in [2.24, 2.45) is 16.5 Å². The van der Waals surface area contributed by atoms with E-state index in [2.05, 4.69) is 20.6 Å². The zero-order valence-electron chi connectivity index (χ0n) is 13.8. The standard InChI is InChI=1S/C16H22ClFN6O/c17-12-9-11(5-6-13(12)18)22-16(20)15-14(23-25-24-15)10-21-8-4-2-1-3-7-19/h5-6,9,21H,1-4,7-8,10,19H2,(H2,20,22). The van der Waals surface area contributed by atoms with E-state index in [0.717, 1.165) is 38.8 Å². The van der Waals surface area contributed by atoms with Crippen LogP contribution in [-0.4, -0.2) is 29.2 Å². The van der Waals surface area contributed by atoms with Crippen LogP contribution in [0.4, 0.5) is 10.1 Å². The van der Waals surface area contributed by atoms with E-state index in [9.17, 15) is 4.39 Å². The summed E-state index contributed by atoms with van der Waals surface area (Å²) in [4.78, 5) is 4.18. The molecule has 0 amide bonds. The number of unbranched alkanes of at least 4 members (excludes halogenated alkanes) is 3. The number of aromatic nitrogens is 2. The number of halogens is 2. The molecule has 1 aromatic carbocycles. The lowest BCUT2D eigenvalue weighted by Gasteiger charge is -2.04. The lowest BCUT2D eigenvalue weighted by molar-refractivity contribution is 0.301. The molecular weight excluding hydrogens is 347 g/mol. The maximum absolute atomic E-state index is 13.2. The Balaban J connectivity index is 1.91. The number of nitrogens with two attached hydrogens (primary N) is 2. The van der Waals surface area contributed by atoms with Crippen molar-refractivity contribution in [2.75, 3.05) is 13.1 Å². The van der Waals surface area contributed by atoms with Crippen LogP contribution in [0, 0.1) is 5.82 Å². The van der Waals surface area contributed by atoms with Gasteiger partial charge in [0.05, 0.1) is 10.7 Å². The molecule has 25 heavy (non-hydrogen) atoms. The Bertz CT molecular complexity index is 706. The van der Waals surface area contributed by atoms with Crippen LogP contribution in [-0.2, 0) is 6.54 Å². The fourth-order valence-electron chi connectivity index (χ4n) is 2.22. The summed E-state index contributed by atoms with van der Waals surface area (Å²) in [7, 11) is 0. The lowest BCUT2D eigenvalue weighted by atomic mass is 10.2. The Kier molecular flexibility index (Phi) is 7.77. The Hall–Kier alpha value is -2.03. The van der Waals surface area contributed by atoms with Crippen molar-refractivity contribution in [1.82, 2.24) is 15.6 Å². The van der Waals surface area contributed by atoms with Gasteiger partial charge < -0.3 is 16.8 Å². The van der Waals surface area contributed by atoms with Gasteiger partial charge >= 0.3 is 0 Å². The van der Waals surface area contributed by atoms with Gasteiger partial charge in [-0.05, 0) is 49.3 Å². The van der Waals surface area contributed by atoms with Gasteiger partial charge in [0, 0.05) is 6.54 Å². The quantitative estimate of drug-likeness (QED) is 0.337. The first-order valence-corrected chi connectivity index (χ1v) is 8.51. The molecule has 0 spiro atoms. The molecule has 0 unspecified atom stereocenters. The van der Waals surface area contributed by atoms with Crippen molar-refractivity contribution in [1.29, 1.82) is 0 Å². The molecule has 5 N–H and O–H groups in total. The third kappa shape index (κ3) is 6.08. The maximum atomic E-state index is 13.2. The number of aliphatic imine (C=N–C) groups is 1. The van der Waals surface area contributed by atoms with E-state index in [-0.39, 0.29) is 10.9 Å². The highest BCUT2D eigenvalue weighted by molar-refractivity contribution is 6.31. The molecule has 1 heterocycles. The van der Waals surface area contributed by atoms with Crippen LogP contribution in [0.2, 0.25) is 5.02 Å². The molecule has 2 rings (SSSR count). The summed E-state index contributed by atoms with van der Waals surface area (Å²) in [6, 6.07) is 4.08. The SMILES string of the molecule is NCCCCCCNCc1nonc1C(N)=Nc1ccc(F)c(Cl)c1. The smallest absolute Gasteiger partial charge is 0.174 e. The molecule has 7 nitrogen and oxygen atoms in total. The third-order valence-electron chi connectivity index (χ3n) is 3.55. The highest BCUT2D eigenvalue weighted by atomic mass is 35.5. The van der Waals surface area contributed by atoms with Gasteiger partial charge in [0.25, 0.3) is 0 Å². The van der Waals surface area contributed by atoms with Gasteiger partial charge in [0.15, 0.2) is 11.5 Å². The van der Waals surface area contributed by atoms with Crippen molar-refractivity contribution < 1.29 is 9.02 Å².